The summed E-state index contributed by atoms with van der Waals surface area (Å²) in [6.45, 7) is 0. The van der Waals surface area contributed by atoms with Crippen LogP contribution in [0.3, 0.4) is 0 Å². The number of hydrogen-bond acceptors (Lipinski definition) is 7. The first-order valence-corrected chi connectivity index (χ1v) is 10.7. The molecule has 0 fully saturated rings. The number of allylic oxidation sites excluding steroid dienone is 1. The van der Waals surface area contributed by atoms with Crippen LogP contribution in [-0.2, 0) is 4.79 Å². The summed E-state index contributed by atoms with van der Waals surface area (Å²) in [5, 5.41) is 9.95. The second-order valence-electron chi connectivity index (χ2n) is 7.16. The molecule has 33 heavy (non-hydrogen) atoms. The maximum absolute atomic E-state index is 13.3. The first-order chi connectivity index (χ1) is 15.9. The van der Waals surface area contributed by atoms with Crippen LogP contribution in [0.5, 0.6) is 11.5 Å². The number of benzene rings is 2. The summed E-state index contributed by atoms with van der Waals surface area (Å²) >= 11 is 1.08. The molecule has 0 spiro atoms. The number of ether oxygens (including phenoxy) is 2. The quantitative estimate of drug-likeness (QED) is 0.580. The lowest BCUT2D eigenvalue weighted by atomic mass is 9.83. The van der Waals surface area contributed by atoms with Crippen LogP contribution < -0.4 is 35.7 Å². The van der Waals surface area contributed by atoms with E-state index in [0.29, 0.717) is 27.2 Å². The Labute approximate surface area is 192 Å². The zero-order valence-electron chi connectivity index (χ0n) is 17.9. The minimum Gasteiger partial charge on any atom is -0.496 e. The third-order valence-electron chi connectivity index (χ3n) is 5.41. The Morgan fingerprint density at radius 2 is 1.76 bits per heavy atom. The Hall–Kier alpha value is -4.29. The SMILES string of the molecule is COc1ccccc1/C=c1\sc2n(c1=O)C(N)=C(C#N)[C@@H](c1ccccc1OC)C=2C(N)=O. The zero-order chi connectivity index (χ0) is 23.7. The molecule has 2 heterocycles. The second-order valence-corrected chi connectivity index (χ2v) is 8.19. The number of rotatable bonds is 5. The number of carbonyl (C=O) groups is 1. The molecule has 3 aromatic rings. The van der Waals surface area contributed by atoms with E-state index in [1.165, 1.54) is 18.8 Å². The third-order valence-corrected chi connectivity index (χ3v) is 6.52. The van der Waals surface area contributed by atoms with Gasteiger partial charge in [-0.2, -0.15) is 5.26 Å². The van der Waals surface area contributed by atoms with Gasteiger partial charge in [0.05, 0.1) is 41.9 Å². The predicted molar refractivity (Wildman–Crippen MR) is 126 cm³/mol. The van der Waals surface area contributed by atoms with Crippen molar-refractivity contribution in [1.29, 1.82) is 5.26 Å². The summed E-state index contributed by atoms with van der Waals surface area (Å²) in [5.41, 5.74) is 13.0. The molecule has 0 saturated heterocycles. The average Bonchev–Trinajstić information content (AvgIpc) is 3.14. The van der Waals surface area contributed by atoms with Crippen LogP contribution in [0.15, 0.2) is 58.9 Å². The number of fused-ring (bicyclic) bond motifs is 1. The van der Waals surface area contributed by atoms with Gasteiger partial charge in [-0.15, -0.1) is 11.3 Å². The van der Waals surface area contributed by atoms with Gasteiger partial charge in [0.2, 0.25) is 5.91 Å². The Kier molecular flexibility index (Phi) is 5.77. The van der Waals surface area contributed by atoms with E-state index < -0.39 is 17.4 Å². The van der Waals surface area contributed by atoms with Gasteiger partial charge in [0, 0.05) is 11.1 Å². The number of nitrogens with zero attached hydrogens (tertiary/aromatic N) is 2. The highest BCUT2D eigenvalue weighted by Crippen LogP contribution is 2.39. The number of thiazole rings is 1. The van der Waals surface area contributed by atoms with Crippen LogP contribution in [0.25, 0.3) is 17.5 Å². The van der Waals surface area contributed by atoms with E-state index in [2.05, 4.69) is 6.07 Å². The number of primary amides is 1. The molecule has 0 bridgehead atoms. The zero-order valence-corrected chi connectivity index (χ0v) is 18.7. The van der Waals surface area contributed by atoms with E-state index in [-0.39, 0.29) is 21.6 Å². The number of aromatic nitrogens is 1. The topological polar surface area (TPSA) is 133 Å². The van der Waals surface area contributed by atoms with Gasteiger partial charge >= 0.3 is 0 Å². The summed E-state index contributed by atoms with van der Waals surface area (Å²) in [7, 11) is 3.03. The summed E-state index contributed by atoms with van der Waals surface area (Å²) < 4.78 is 12.6. The van der Waals surface area contributed by atoms with Crippen LogP contribution in [-0.4, -0.2) is 24.7 Å². The highest BCUT2D eigenvalue weighted by molar-refractivity contribution is 7.07. The van der Waals surface area contributed by atoms with Crippen LogP contribution in [0.4, 0.5) is 0 Å². The minimum absolute atomic E-state index is 0.0459. The molecule has 166 valence electrons. The van der Waals surface area contributed by atoms with Gasteiger partial charge in [-0.05, 0) is 18.2 Å². The van der Waals surface area contributed by atoms with Gasteiger partial charge < -0.3 is 20.9 Å². The van der Waals surface area contributed by atoms with Crippen LogP contribution >= 0.6 is 11.3 Å². The lowest BCUT2D eigenvalue weighted by molar-refractivity contribution is -0.113. The van der Waals surface area contributed by atoms with Crippen molar-refractivity contribution in [3.05, 3.63) is 84.8 Å². The largest absolute Gasteiger partial charge is 0.496 e. The van der Waals surface area contributed by atoms with Crippen molar-refractivity contribution in [2.24, 2.45) is 11.5 Å². The van der Waals surface area contributed by atoms with E-state index in [1.807, 2.05) is 12.1 Å². The highest BCUT2D eigenvalue weighted by Gasteiger charge is 2.36. The van der Waals surface area contributed by atoms with E-state index >= 15 is 0 Å². The number of nitrogens with two attached hydrogens (primary N) is 2. The predicted octanol–water partition coefficient (Wildman–Crippen LogP) is 0.840. The normalized spacial score (nSPS) is 15.7. The minimum atomic E-state index is -0.874. The molecular formula is C24H20N4O4S. The summed E-state index contributed by atoms with van der Waals surface area (Å²) in [5.74, 6) is -0.629. The van der Waals surface area contributed by atoms with E-state index in [9.17, 15) is 14.9 Å². The number of para-hydroxylation sites is 2. The van der Waals surface area contributed by atoms with Gasteiger partial charge in [-0.25, -0.2) is 0 Å². The Morgan fingerprint density at radius 1 is 1.12 bits per heavy atom. The fourth-order valence-corrected chi connectivity index (χ4v) is 5.10. The maximum atomic E-state index is 13.3. The molecule has 0 radical (unpaired) electrons. The molecule has 4 rings (SSSR count). The smallest absolute Gasteiger partial charge is 0.274 e. The number of hydrogen-bond donors (Lipinski definition) is 2. The van der Waals surface area contributed by atoms with Crippen molar-refractivity contribution in [2.75, 3.05) is 14.2 Å². The van der Waals surface area contributed by atoms with Crippen molar-refractivity contribution in [3.63, 3.8) is 0 Å². The number of methoxy groups -OCH3 is 2. The molecule has 0 aliphatic carbocycles. The fourth-order valence-electron chi connectivity index (χ4n) is 3.93. The number of amides is 1. The standard InChI is InChI=1S/C24H20N4O4S/c1-31-16-9-5-3-7-13(16)11-18-23(30)28-21(26)15(12-25)19(20(22(27)29)24(28)33-18)14-8-4-6-10-17(14)32-2/h3-11,19H,26H2,1-2H3,(H2,27,29)/b18-11-/t19-/m1/s1. The van der Waals surface area contributed by atoms with Gasteiger partial charge in [-0.3, -0.25) is 14.2 Å². The van der Waals surface area contributed by atoms with Crippen molar-refractivity contribution >= 4 is 34.7 Å². The lowest BCUT2D eigenvalue weighted by Gasteiger charge is -2.25. The average molecular weight is 461 g/mol. The van der Waals surface area contributed by atoms with E-state index in [0.717, 1.165) is 11.3 Å². The molecule has 1 amide bonds. The molecule has 0 unspecified atom stereocenters. The lowest BCUT2D eigenvalue weighted by Crippen LogP contribution is -2.41. The molecule has 1 aliphatic heterocycles. The molecule has 1 aliphatic rings. The Balaban J connectivity index is 2.12. The Bertz CT molecular complexity index is 1520. The molecule has 2 aromatic carbocycles. The van der Waals surface area contributed by atoms with Crippen molar-refractivity contribution in [3.8, 4) is 17.6 Å². The molecule has 8 nitrogen and oxygen atoms in total. The van der Waals surface area contributed by atoms with Gasteiger partial charge in [0.1, 0.15) is 22.0 Å². The summed E-state index contributed by atoms with van der Waals surface area (Å²) in [6, 6.07) is 16.3. The van der Waals surface area contributed by atoms with Crippen molar-refractivity contribution < 1.29 is 14.3 Å². The molecule has 1 atom stereocenters. The summed E-state index contributed by atoms with van der Waals surface area (Å²) in [4.78, 5) is 26.0. The van der Waals surface area contributed by atoms with Gasteiger partial charge in [0.15, 0.2) is 0 Å². The van der Waals surface area contributed by atoms with Gasteiger partial charge in [-0.1, -0.05) is 36.4 Å². The van der Waals surface area contributed by atoms with Crippen LogP contribution in [0.1, 0.15) is 17.0 Å². The monoisotopic (exact) mass is 460 g/mol. The molecule has 9 heteroatoms. The first kappa shape index (κ1) is 21.9. The Morgan fingerprint density at radius 3 is 2.39 bits per heavy atom. The number of nitriles is 1. The van der Waals surface area contributed by atoms with Crippen LogP contribution in [0, 0.1) is 11.3 Å². The highest BCUT2D eigenvalue weighted by atomic mass is 32.1. The summed E-state index contributed by atoms with van der Waals surface area (Å²) in [6.07, 6.45) is 1.66. The fraction of sp³-hybridized carbons (Fsp3) is 0.125. The molecule has 0 saturated carbocycles. The molecular weight excluding hydrogens is 440 g/mol. The van der Waals surface area contributed by atoms with E-state index in [1.54, 1.807) is 42.5 Å². The maximum Gasteiger partial charge on any atom is 0.274 e. The third kappa shape index (κ3) is 3.56. The number of carbonyl (C=O) groups excluding carboxylic acids is 1. The molecule has 4 N–H and O–H groups in total. The molecule has 1 aromatic heterocycles. The van der Waals surface area contributed by atoms with Crippen molar-refractivity contribution in [2.45, 2.75) is 5.92 Å². The van der Waals surface area contributed by atoms with Crippen molar-refractivity contribution in [1.82, 2.24) is 4.57 Å². The van der Waals surface area contributed by atoms with E-state index in [4.69, 9.17) is 20.9 Å². The second kappa shape index (κ2) is 8.68. The van der Waals surface area contributed by atoms with Crippen LogP contribution in [0.2, 0.25) is 0 Å². The first-order valence-electron chi connectivity index (χ1n) is 9.86. The van der Waals surface area contributed by atoms with Gasteiger partial charge in [0.25, 0.3) is 5.56 Å².